The molecule has 2 nitrogen and oxygen atoms in total. The van der Waals surface area contributed by atoms with Gasteiger partial charge in [0.15, 0.2) is 0 Å². The van der Waals surface area contributed by atoms with Gasteiger partial charge in [0.05, 0.1) is 13.2 Å². The molecule has 0 radical (unpaired) electrons. The van der Waals surface area contributed by atoms with Crippen LogP contribution < -0.4 is 9.47 Å². The maximum absolute atomic E-state index is 6.62. The molecule has 0 aromatic heterocycles. The van der Waals surface area contributed by atoms with E-state index in [1.807, 2.05) is 0 Å². The van der Waals surface area contributed by atoms with Crippen molar-refractivity contribution >= 4 is 53.4 Å². The quantitative estimate of drug-likeness (QED) is 0.0797. The van der Waals surface area contributed by atoms with Crippen molar-refractivity contribution < 1.29 is 9.47 Å². The van der Waals surface area contributed by atoms with Crippen LogP contribution >= 0.6 is 31.9 Å². The maximum Gasteiger partial charge on any atom is 0.127 e. The average Bonchev–Trinajstić information content (AvgIpc) is 3.03. The number of benzene rings is 4. The Morgan fingerprint density at radius 1 is 0.432 bits per heavy atom. The lowest BCUT2D eigenvalue weighted by Crippen LogP contribution is -2.03. The Bertz CT molecular complexity index is 1320. The van der Waals surface area contributed by atoms with Crippen LogP contribution in [0.4, 0.5) is 0 Å². The molecule has 0 heterocycles. The minimum atomic E-state index is 0.731. The monoisotopic (exact) mass is 722 g/mol. The Morgan fingerprint density at radius 3 is 1.18 bits per heavy atom. The zero-order valence-electron chi connectivity index (χ0n) is 27.1. The highest BCUT2D eigenvalue weighted by Crippen LogP contribution is 2.46. The van der Waals surface area contributed by atoms with Crippen LogP contribution in [0.25, 0.3) is 32.7 Å². The molecule has 0 aliphatic carbocycles. The second-order valence-corrected chi connectivity index (χ2v) is 14.1. The molecule has 0 aliphatic heterocycles. The third kappa shape index (κ3) is 10.5. The molecular weight excluding hydrogens is 672 g/mol. The molecule has 0 saturated carbocycles. The summed E-state index contributed by atoms with van der Waals surface area (Å²) < 4.78 is 15.4. The topological polar surface area (TPSA) is 18.5 Å². The van der Waals surface area contributed by atoms with Crippen LogP contribution in [0, 0.1) is 0 Å². The average molecular weight is 725 g/mol. The van der Waals surface area contributed by atoms with Gasteiger partial charge in [-0.2, -0.15) is 0 Å². The molecule has 0 unspecified atom stereocenters. The van der Waals surface area contributed by atoms with E-state index in [0.717, 1.165) is 57.6 Å². The van der Waals surface area contributed by atoms with Gasteiger partial charge in [-0.05, 0) is 70.8 Å². The first-order valence-electron chi connectivity index (χ1n) is 17.3. The Hall–Kier alpha value is -2.04. The molecule has 238 valence electrons. The molecule has 0 atom stereocenters. The maximum atomic E-state index is 6.62. The molecule has 4 rings (SSSR count). The summed E-state index contributed by atoms with van der Waals surface area (Å²) in [6.07, 6.45) is 20.6. The number of fused-ring (bicyclic) bond motifs is 2. The molecule has 44 heavy (non-hydrogen) atoms. The molecule has 0 bridgehead atoms. The summed E-state index contributed by atoms with van der Waals surface area (Å²) in [5.41, 5.74) is 2.27. The summed E-state index contributed by atoms with van der Waals surface area (Å²) in [5, 5.41) is 4.76. The van der Waals surface area contributed by atoms with Crippen molar-refractivity contribution in [2.45, 2.75) is 117 Å². The van der Waals surface area contributed by atoms with Gasteiger partial charge in [0.25, 0.3) is 0 Å². The lowest BCUT2D eigenvalue weighted by atomic mass is 9.92. The van der Waals surface area contributed by atoms with Crippen molar-refractivity contribution in [2.24, 2.45) is 0 Å². The molecule has 4 aromatic rings. The predicted molar refractivity (Wildman–Crippen MR) is 198 cm³/mol. The normalized spacial score (nSPS) is 11.5. The van der Waals surface area contributed by atoms with Gasteiger partial charge in [0.1, 0.15) is 11.5 Å². The van der Waals surface area contributed by atoms with Crippen molar-refractivity contribution in [3.63, 3.8) is 0 Å². The van der Waals surface area contributed by atoms with Gasteiger partial charge >= 0.3 is 0 Å². The standard InChI is InChI=1S/C40H52Br2O2/c1-3-5-7-9-11-13-15-17-27-43-37-25-19-31-29-33(41)21-23-35(31)39(37)40-36-24-22-34(42)30-32(36)20-26-38(40)44-28-18-16-14-12-10-8-6-4-2/h19-26,29-30H,3-18,27-28H2,1-2H3. The minimum absolute atomic E-state index is 0.731. The molecule has 4 aromatic carbocycles. The van der Waals surface area contributed by atoms with E-state index in [4.69, 9.17) is 9.47 Å². The van der Waals surface area contributed by atoms with E-state index in [0.29, 0.717) is 0 Å². The van der Waals surface area contributed by atoms with Gasteiger partial charge < -0.3 is 9.47 Å². The second kappa shape index (κ2) is 19.5. The highest BCUT2D eigenvalue weighted by molar-refractivity contribution is 9.10. The van der Waals surface area contributed by atoms with Gasteiger partial charge in [0.2, 0.25) is 0 Å². The van der Waals surface area contributed by atoms with Crippen LogP contribution in [0.1, 0.15) is 117 Å². The van der Waals surface area contributed by atoms with Crippen LogP contribution in [-0.4, -0.2) is 13.2 Å². The second-order valence-electron chi connectivity index (χ2n) is 12.3. The third-order valence-corrected chi connectivity index (χ3v) is 9.63. The number of ether oxygens (including phenoxy) is 2. The fourth-order valence-corrected chi connectivity index (χ4v) is 6.91. The van der Waals surface area contributed by atoms with E-state index in [1.54, 1.807) is 0 Å². The smallest absolute Gasteiger partial charge is 0.127 e. The number of rotatable bonds is 21. The predicted octanol–water partition coefficient (Wildman–Crippen LogP) is 14.2. The van der Waals surface area contributed by atoms with E-state index in [2.05, 4.69) is 106 Å². The van der Waals surface area contributed by atoms with E-state index in [1.165, 1.54) is 111 Å². The van der Waals surface area contributed by atoms with Gasteiger partial charge in [-0.15, -0.1) is 0 Å². The summed E-state index contributed by atoms with van der Waals surface area (Å²) in [6, 6.07) is 21.8. The van der Waals surface area contributed by atoms with Gasteiger partial charge in [-0.25, -0.2) is 0 Å². The first kappa shape index (κ1) is 34.8. The SMILES string of the molecule is CCCCCCCCCCOc1ccc2cc(Br)ccc2c1-c1c(OCCCCCCCCCC)ccc2cc(Br)ccc12. The van der Waals surface area contributed by atoms with Crippen molar-refractivity contribution in [1.82, 2.24) is 0 Å². The largest absolute Gasteiger partial charge is 0.493 e. The van der Waals surface area contributed by atoms with E-state index < -0.39 is 0 Å². The summed E-state index contributed by atoms with van der Waals surface area (Å²) in [7, 11) is 0. The van der Waals surface area contributed by atoms with Crippen molar-refractivity contribution in [3.05, 3.63) is 69.6 Å². The molecule has 0 spiro atoms. The van der Waals surface area contributed by atoms with Gasteiger partial charge in [-0.1, -0.05) is 160 Å². The number of hydrogen-bond donors (Lipinski definition) is 0. The fourth-order valence-electron chi connectivity index (χ4n) is 6.15. The number of halogens is 2. The van der Waals surface area contributed by atoms with Crippen LogP contribution in [0.15, 0.2) is 69.6 Å². The summed E-state index contributed by atoms with van der Waals surface area (Å²) in [6.45, 7) is 6.02. The Morgan fingerprint density at radius 2 is 0.795 bits per heavy atom. The van der Waals surface area contributed by atoms with Crippen molar-refractivity contribution in [3.8, 4) is 22.6 Å². The summed E-state index contributed by atoms with van der Waals surface area (Å²) >= 11 is 7.38. The van der Waals surface area contributed by atoms with Gasteiger partial charge in [-0.3, -0.25) is 0 Å². The fraction of sp³-hybridized carbons (Fsp3) is 0.500. The third-order valence-electron chi connectivity index (χ3n) is 8.65. The Kier molecular flexibility index (Phi) is 15.4. The lowest BCUT2D eigenvalue weighted by molar-refractivity contribution is 0.301. The van der Waals surface area contributed by atoms with Crippen LogP contribution in [0.5, 0.6) is 11.5 Å². The van der Waals surface area contributed by atoms with Crippen molar-refractivity contribution in [1.29, 1.82) is 0 Å². The summed E-state index contributed by atoms with van der Waals surface area (Å²) in [4.78, 5) is 0. The zero-order valence-corrected chi connectivity index (χ0v) is 30.2. The molecule has 0 fully saturated rings. The number of hydrogen-bond acceptors (Lipinski definition) is 2. The molecule has 0 saturated heterocycles. The molecule has 0 amide bonds. The highest BCUT2D eigenvalue weighted by atomic mass is 79.9. The van der Waals surface area contributed by atoms with E-state index >= 15 is 0 Å². The Balaban J connectivity index is 1.56. The van der Waals surface area contributed by atoms with Crippen molar-refractivity contribution in [2.75, 3.05) is 13.2 Å². The van der Waals surface area contributed by atoms with Crippen LogP contribution in [-0.2, 0) is 0 Å². The van der Waals surface area contributed by atoms with E-state index in [-0.39, 0.29) is 0 Å². The zero-order chi connectivity index (χ0) is 31.0. The number of unbranched alkanes of at least 4 members (excludes halogenated alkanes) is 14. The molecule has 4 heteroatoms. The first-order valence-corrected chi connectivity index (χ1v) is 18.9. The Labute approximate surface area is 283 Å². The highest BCUT2D eigenvalue weighted by Gasteiger charge is 2.19. The lowest BCUT2D eigenvalue weighted by Gasteiger charge is -2.20. The van der Waals surface area contributed by atoms with Crippen LogP contribution in [0.2, 0.25) is 0 Å². The van der Waals surface area contributed by atoms with Crippen LogP contribution in [0.3, 0.4) is 0 Å². The molecule has 0 N–H and O–H groups in total. The van der Waals surface area contributed by atoms with Gasteiger partial charge in [0, 0.05) is 20.1 Å². The summed E-state index contributed by atoms with van der Waals surface area (Å²) in [5.74, 6) is 1.88. The minimum Gasteiger partial charge on any atom is -0.493 e. The first-order chi connectivity index (χ1) is 21.6. The molecule has 0 aliphatic rings. The van der Waals surface area contributed by atoms with E-state index in [9.17, 15) is 0 Å². The molecular formula is C40H52Br2O2.